The van der Waals surface area contributed by atoms with Gasteiger partial charge in [-0.1, -0.05) is 0 Å². The van der Waals surface area contributed by atoms with Gasteiger partial charge in [-0.2, -0.15) is 13.2 Å². The summed E-state index contributed by atoms with van der Waals surface area (Å²) in [5.74, 6) is 4.20. The Morgan fingerprint density at radius 2 is 1.91 bits per heavy atom. The predicted molar refractivity (Wildman–Crippen MR) is 37.1 cm³/mol. The summed E-state index contributed by atoms with van der Waals surface area (Å²) >= 11 is 0. The second kappa shape index (κ2) is 5.03. The van der Waals surface area contributed by atoms with Gasteiger partial charge in [-0.3, -0.25) is 5.43 Å². The highest BCUT2D eigenvalue weighted by atomic mass is 35.5. The second-order valence-electron chi connectivity index (χ2n) is 1.46. The van der Waals surface area contributed by atoms with E-state index in [9.17, 15) is 13.2 Å². The van der Waals surface area contributed by atoms with Crippen molar-refractivity contribution in [3.63, 3.8) is 0 Å². The Morgan fingerprint density at radius 1 is 1.45 bits per heavy atom. The lowest BCUT2D eigenvalue weighted by Crippen LogP contribution is -2.37. The van der Waals surface area contributed by atoms with Crippen LogP contribution in [0.2, 0.25) is 0 Å². The molecule has 0 aromatic heterocycles. The van der Waals surface area contributed by atoms with Crippen molar-refractivity contribution in [2.75, 3.05) is 6.54 Å². The van der Waals surface area contributed by atoms with Crippen molar-refractivity contribution in [3.05, 3.63) is 0 Å². The summed E-state index contributed by atoms with van der Waals surface area (Å²) in [5, 5.41) is 0. The Balaban J connectivity index is 0. The SMILES string of the molecule is Cl.NNC(N)=NCC(F)(F)F. The molecule has 0 spiro atoms. The van der Waals surface area contributed by atoms with E-state index in [1.54, 1.807) is 5.43 Å². The normalized spacial score (nSPS) is 12.2. The maximum absolute atomic E-state index is 11.3. The molecule has 0 heterocycles. The zero-order valence-electron chi connectivity index (χ0n) is 5.35. The number of rotatable bonds is 1. The molecule has 11 heavy (non-hydrogen) atoms. The number of nitrogens with zero attached hydrogens (tertiary/aromatic N) is 1. The molecule has 0 rings (SSSR count). The van der Waals surface area contributed by atoms with E-state index in [0.717, 1.165) is 0 Å². The van der Waals surface area contributed by atoms with E-state index >= 15 is 0 Å². The smallest absolute Gasteiger partial charge is 0.369 e. The molecule has 8 heteroatoms. The summed E-state index contributed by atoms with van der Waals surface area (Å²) in [4.78, 5) is 2.85. The summed E-state index contributed by atoms with van der Waals surface area (Å²) < 4.78 is 34.0. The van der Waals surface area contributed by atoms with E-state index in [1.165, 1.54) is 0 Å². The number of nitrogens with one attached hydrogen (secondary N) is 1. The van der Waals surface area contributed by atoms with Gasteiger partial charge in [0.15, 0.2) is 0 Å². The van der Waals surface area contributed by atoms with Crippen molar-refractivity contribution in [1.29, 1.82) is 0 Å². The fourth-order valence-corrected chi connectivity index (χ4v) is 0.220. The van der Waals surface area contributed by atoms with E-state index in [4.69, 9.17) is 5.73 Å². The summed E-state index contributed by atoms with van der Waals surface area (Å²) in [5.41, 5.74) is 6.56. The molecule has 0 fully saturated rings. The minimum atomic E-state index is -4.33. The van der Waals surface area contributed by atoms with Gasteiger partial charge in [0, 0.05) is 0 Å². The molecule has 0 aliphatic rings. The van der Waals surface area contributed by atoms with Crippen LogP contribution in [0, 0.1) is 0 Å². The first-order chi connectivity index (χ1) is 4.45. The van der Waals surface area contributed by atoms with Crippen LogP contribution >= 0.6 is 12.4 Å². The zero-order valence-corrected chi connectivity index (χ0v) is 6.17. The van der Waals surface area contributed by atoms with Gasteiger partial charge >= 0.3 is 6.18 Å². The third-order valence-corrected chi connectivity index (χ3v) is 0.577. The van der Waals surface area contributed by atoms with Crippen molar-refractivity contribution < 1.29 is 13.2 Å². The van der Waals surface area contributed by atoms with Crippen LogP contribution in [-0.2, 0) is 0 Å². The molecule has 0 amide bonds. The molecule has 0 unspecified atom stereocenters. The van der Waals surface area contributed by atoms with Crippen LogP contribution in [0.15, 0.2) is 4.99 Å². The van der Waals surface area contributed by atoms with Crippen molar-refractivity contribution >= 4 is 18.4 Å². The zero-order chi connectivity index (χ0) is 8.20. The Bertz CT molecular complexity index is 133. The van der Waals surface area contributed by atoms with Gasteiger partial charge in [0.2, 0.25) is 5.96 Å². The molecule has 68 valence electrons. The molecular weight excluding hydrogens is 185 g/mol. The van der Waals surface area contributed by atoms with Crippen molar-refractivity contribution in [2.24, 2.45) is 16.6 Å². The van der Waals surface area contributed by atoms with Gasteiger partial charge in [0.25, 0.3) is 0 Å². The Hall–Kier alpha value is -0.690. The lowest BCUT2D eigenvalue weighted by Gasteiger charge is -2.02. The predicted octanol–water partition coefficient (Wildman–Crippen LogP) is -0.252. The van der Waals surface area contributed by atoms with Gasteiger partial charge in [-0.25, -0.2) is 10.8 Å². The number of guanidine groups is 1. The molecule has 0 atom stereocenters. The maximum Gasteiger partial charge on any atom is 0.408 e. The molecule has 0 saturated carbocycles. The molecular formula is C3H8ClF3N4. The molecule has 0 aliphatic carbocycles. The minimum absolute atomic E-state index is 0. The largest absolute Gasteiger partial charge is 0.408 e. The molecule has 0 bridgehead atoms. The van der Waals surface area contributed by atoms with Crippen molar-refractivity contribution in [2.45, 2.75) is 6.18 Å². The van der Waals surface area contributed by atoms with E-state index in [2.05, 4.69) is 10.8 Å². The number of halogens is 4. The Labute approximate surface area is 67.2 Å². The lowest BCUT2D eigenvalue weighted by atomic mass is 10.6. The van der Waals surface area contributed by atoms with E-state index in [-0.39, 0.29) is 12.4 Å². The van der Waals surface area contributed by atoms with Gasteiger partial charge < -0.3 is 5.73 Å². The lowest BCUT2D eigenvalue weighted by molar-refractivity contribution is -0.118. The average Bonchev–Trinajstić information content (AvgIpc) is 1.81. The fourth-order valence-electron chi connectivity index (χ4n) is 0.220. The average molecular weight is 193 g/mol. The van der Waals surface area contributed by atoms with E-state index in [1.807, 2.05) is 0 Å². The van der Waals surface area contributed by atoms with Crippen LogP contribution < -0.4 is 17.0 Å². The first-order valence-corrected chi connectivity index (χ1v) is 2.29. The molecule has 0 saturated heterocycles. The minimum Gasteiger partial charge on any atom is -0.369 e. The third kappa shape index (κ3) is 9.31. The molecule has 5 N–H and O–H groups in total. The number of alkyl halides is 3. The second-order valence-corrected chi connectivity index (χ2v) is 1.46. The topological polar surface area (TPSA) is 76.4 Å². The summed E-state index contributed by atoms with van der Waals surface area (Å²) in [6.07, 6.45) is -4.33. The number of nitrogens with two attached hydrogens (primary N) is 2. The van der Waals surface area contributed by atoms with E-state index in [0.29, 0.717) is 0 Å². The summed E-state index contributed by atoms with van der Waals surface area (Å²) in [6.45, 7) is -1.32. The maximum atomic E-state index is 11.3. The quantitative estimate of drug-likeness (QED) is 0.232. The van der Waals surface area contributed by atoms with Crippen LogP contribution in [0.3, 0.4) is 0 Å². The van der Waals surface area contributed by atoms with Crippen LogP contribution in [0.25, 0.3) is 0 Å². The van der Waals surface area contributed by atoms with Crippen LogP contribution in [0.5, 0.6) is 0 Å². The number of aliphatic imine (C=N–C) groups is 1. The van der Waals surface area contributed by atoms with Gasteiger partial charge in [-0.05, 0) is 0 Å². The number of hydrogen-bond acceptors (Lipinski definition) is 2. The van der Waals surface area contributed by atoms with Gasteiger partial charge in [0.1, 0.15) is 6.54 Å². The molecule has 0 radical (unpaired) electrons. The van der Waals surface area contributed by atoms with E-state index < -0.39 is 18.7 Å². The van der Waals surface area contributed by atoms with Gasteiger partial charge in [-0.15, -0.1) is 12.4 Å². The third-order valence-electron chi connectivity index (χ3n) is 0.577. The first kappa shape index (κ1) is 12.9. The van der Waals surface area contributed by atoms with Crippen LogP contribution in [0.1, 0.15) is 0 Å². The number of hydrazine groups is 1. The monoisotopic (exact) mass is 192 g/mol. The fraction of sp³-hybridized carbons (Fsp3) is 0.667. The standard InChI is InChI=1S/C3H7F3N4.ClH/c4-3(5,6)1-9-2(7)10-8;/h1,8H2,(H3,7,9,10);1H. The van der Waals surface area contributed by atoms with Crippen molar-refractivity contribution in [1.82, 2.24) is 5.43 Å². The summed E-state index contributed by atoms with van der Waals surface area (Å²) in [7, 11) is 0. The highest BCUT2D eigenvalue weighted by Crippen LogP contribution is 2.13. The highest BCUT2D eigenvalue weighted by molar-refractivity contribution is 5.85. The van der Waals surface area contributed by atoms with Gasteiger partial charge in [0.05, 0.1) is 0 Å². The molecule has 0 aromatic rings. The van der Waals surface area contributed by atoms with Crippen LogP contribution in [-0.4, -0.2) is 18.7 Å². The number of hydrogen-bond donors (Lipinski definition) is 3. The van der Waals surface area contributed by atoms with Crippen LogP contribution in [0.4, 0.5) is 13.2 Å². The Morgan fingerprint density at radius 3 is 2.18 bits per heavy atom. The molecule has 4 nitrogen and oxygen atoms in total. The molecule has 0 aliphatic heterocycles. The first-order valence-electron chi connectivity index (χ1n) is 2.29. The molecule has 0 aromatic carbocycles. The van der Waals surface area contributed by atoms with Crippen molar-refractivity contribution in [3.8, 4) is 0 Å². The Kier molecular flexibility index (Phi) is 5.91. The highest BCUT2D eigenvalue weighted by Gasteiger charge is 2.26. The summed E-state index contributed by atoms with van der Waals surface area (Å²) in [6, 6.07) is 0.